The van der Waals surface area contributed by atoms with Gasteiger partial charge < -0.3 is 9.47 Å². The van der Waals surface area contributed by atoms with E-state index < -0.39 is 0 Å². The van der Waals surface area contributed by atoms with E-state index in [2.05, 4.69) is 168 Å². The quantitative estimate of drug-likeness (QED) is 0.148. The second-order valence-electron chi connectivity index (χ2n) is 11.6. The average Bonchev–Trinajstić information content (AvgIpc) is 3.42. The summed E-state index contributed by atoms with van der Waals surface area (Å²) in [7, 11) is 0. The molecule has 0 radical (unpaired) electrons. The topological polar surface area (TPSA) is 8.17 Å². The van der Waals surface area contributed by atoms with Gasteiger partial charge in [0.2, 0.25) is 0 Å². The lowest BCUT2D eigenvalue weighted by Gasteiger charge is -2.25. The van der Waals surface area contributed by atoms with Crippen LogP contribution >= 0.6 is 0 Å². The zero-order valence-corrected chi connectivity index (χ0v) is 25.4. The highest BCUT2D eigenvalue weighted by molar-refractivity contribution is 6.10. The van der Waals surface area contributed by atoms with Crippen LogP contribution in [-0.4, -0.2) is 4.57 Å². The van der Waals surface area contributed by atoms with Crippen molar-refractivity contribution in [1.29, 1.82) is 0 Å². The molecule has 0 saturated heterocycles. The number of unbranched alkanes of at least 4 members (excludes halogenated alkanes) is 3. The lowest BCUT2D eigenvalue weighted by molar-refractivity contribution is 0.667. The number of rotatable bonds is 10. The molecular weight excluding hydrogens is 532 g/mol. The second kappa shape index (κ2) is 12.7. The Labute approximate surface area is 260 Å². The Kier molecular flexibility index (Phi) is 7.97. The molecule has 216 valence electrons. The maximum absolute atomic E-state index is 2.41. The number of para-hydroxylation sites is 3. The first-order valence-electron chi connectivity index (χ1n) is 15.9. The van der Waals surface area contributed by atoms with Gasteiger partial charge in [-0.15, -0.1) is 0 Å². The maximum Gasteiger partial charge on any atom is 0.0541 e. The summed E-state index contributed by atoms with van der Waals surface area (Å²) in [5.74, 6) is 0. The number of nitrogens with zero attached hydrogens (tertiary/aromatic N) is 2. The van der Waals surface area contributed by atoms with Gasteiger partial charge in [-0.3, -0.25) is 0 Å². The summed E-state index contributed by atoms with van der Waals surface area (Å²) in [5.41, 5.74) is 11.0. The number of benzene rings is 6. The minimum atomic E-state index is 1.14. The molecule has 1 heterocycles. The number of hydrogen-bond acceptors (Lipinski definition) is 1. The summed E-state index contributed by atoms with van der Waals surface area (Å²) in [5, 5.41) is 2.56. The van der Waals surface area contributed by atoms with E-state index in [9.17, 15) is 0 Å². The fourth-order valence-electron chi connectivity index (χ4n) is 6.40. The van der Waals surface area contributed by atoms with Crippen LogP contribution in [0.1, 0.15) is 38.2 Å². The Bertz CT molecular complexity index is 1930. The summed E-state index contributed by atoms with van der Waals surface area (Å²) in [6.45, 7) is 2.27. The number of fused-ring (bicyclic) bond motifs is 3. The Morgan fingerprint density at radius 2 is 1.07 bits per heavy atom. The van der Waals surface area contributed by atoms with Crippen LogP contribution in [0.2, 0.25) is 0 Å². The molecule has 0 fully saturated rings. The molecule has 7 aromatic rings. The molecule has 44 heavy (non-hydrogen) atoms. The van der Waals surface area contributed by atoms with Gasteiger partial charge in [0, 0.05) is 33.5 Å². The Morgan fingerprint density at radius 1 is 0.477 bits per heavy atom. The Hall–Kier alpha value is -5.08. The smallest absolute Gasteiger partial charge is 0.0541 e. The van der Waals surface area contributed by atoms with Gasteiger partial charge in [0.1, 0.15) is 0 Å². The highest BCUT2D eigenvalue weighted by atomic mass is 15.1. The van der Waals surface area contributed by atoms with Crippen LogP contribution in [0.5, 0.6) is 0 Å². The number of aryl methyl sites for hydroxylation is 1. The number of aromatic nitrogens is 1. The number of hydrogen-bond donors (Lipinski definition) is 0. The molecule has 0 bridgehead atoms. The van der Waals surface area contributed by atoms with Crippen molar-refractivity contribution in [3.63, 3.8) is 0 Å². The van der Waals surface area contributed by atoms with Crippen molar-refractivity contribution in [3.8, 4) is 16.8 Å². The molecule has 0 amide bonds. The summed E-state index contributed by atoms with van der Waals surface area (Å²) in [4.78, 5) is 2.30. The van der Waals surface area contributed by atoms with Crippen LogP contribution in [0.4, 0.5) is 17.1 Å². The van der Waals surface area contributed by atoms with Crippen molar-refractivity contribution in [2.45, 2.75) is 39.0 Å². The van der Waals surface area contributed by atoms with Gasteiger partial charge in [-0.2, -0.15) is 0 Å². The first kappa shape index (κ1) is 27.7. The monoisotopic (exact) mass is 570 g/mol. The third-order valence-corrected chi connectivity index (χ3v) is 8.67. The Balaban J connectivity index is 1.23. The first-order valence-corrected chi connectivity index (χ1v) is 15.9. The summed E-state index contributed by atoms with van der Waals surface area (Å²) in [6.07, 6.45) is 6.34. The molecule has 0 N–H and O–H groups in total. The highest BCUT2D eigenvalue weighted by Gasteiger charge is 2.15. The van der Waals surface area contributed by atoms with Crippen molar-refractivity contribution >= 4 is 38.9 Å². The zero-order chi connectivity index (χ0) is 29.7. The molecule has 0 aliphatic rings. The van der Waals surface area contributed by atoms with Crippen LogP contribution in [0.3, 0.4) is 0 Å². The van der Waals surface area contributed by atoms with Gasteiger partial charge in [0.05, 0.1) is 11.0 Å². The molecule has 6 aromatic carbocycles. The lowest BCUT2D eigenvalue weighted by Crippen LogP contribution is -2.09. The molecule has 0 aliphatic carbocycles. The molecule has 7 rings (SSSR count). The predicted octanol–water partition coefficient (Wildman–Crippen LogP) is 12.0. The van der Waals surface area contributed by atoms with E-state index in [-0.39, 0.29) is 0 Å². The van der Waals surface area contributed by atoms with Crippen LogP contribution in [0, 0.1) is 0 Å². The van der Waals surface area contributed by atoms with Gasteiger partial charge in [0.15, 0.2) is 0 Å². The zero-order valence-electron chi connectivity index (χ0n) is 25.4. The SMILES string of the molecule is CCCCCCc1ccc(-n2c3ccccc3c3cc(-c4ccc(N(c5ccccc5)c5ccccc5)cc4)ccc32)cc1. The van der Waals surface area contributed by atoms with Crippen LogP contribution in [0.15, 0.2) is 152 Å². The normalized spacial score (nSPS) is 11.3. The molecule has 0 unspecified atom stereocenters. The molecule has 0 atom stereocenters. The summed E-state index contributed by atoms with van der Waals surface area (Å²) >= 11 is 0. The van der Waals surface area contributed by atoms with Crippen LogP contribution < -0.4 is 4.90 Å². The van der Waals surface area contributed by atoms with E-state index in [1.165, 1.54) is 69.9 Å². The lowest BCUT2D eigenvalue weighted by atomic mass is 10.0. The molecule has 0 spiro atoms. The second-order valence-corrected chi connectivity index (χ2v) is 11.6. The van der Waals surface area contributed by atoms with Crippen molar-refractivity contribution < 1.29 is 0 Å². The van der Waals surface area contributed by atoms with Crippen molar-refractivity contribution in [3.05, 3.63) is 157 Å². The van der Waals surface area contributed by atoms with Crippen molar-refractivity contribution in [2.24, 2.45) is 0 Å². The highest BCUT2D eigenvalue weighted by Crippen LogP contribution is 2.37. The minimum Gasteiger partial charge on any atom is -0.311 e. The molecular formula is C42H38N2. The van der Waals surface area contributed by atoms with E-state index in [0.717, 1.165) is 23.5 Å². The fourth-order valence-corrected chi connectivity index (χ4v) is 6.40. The minimum absolute atomic E-state index is 1.14. The molecule has 0 aliphatic heterocycles. The first-order chi connectivity index (χ1) is 21.8. The van der Waals surface area contributed by atoms with Gasteiger partial charge in [-0.05, 0) is 96.3 Å². The Morgan fingerprint density at radius 3 is 1.75 bits per heavy atom. The number of anilines is 3. The van der Waals surface area contributed by atoms with E-state index in [0.29, 0.717) is 0 Å². The van der Waals surface area contributed by atoms with Crippen molar-refractivity contribution in [2.75, 3.05) is 4.90 Å². The van der Waals surface area contributed by atoms with Gasteiger partial charge in [-0.1, -0.05) is 111 Å². The molecule has 1 aromatic heterocycles. The predicted molar refractivity (Wildman–Crippen MR) is 189 cm³/mol. The van der Waals surface area contributed by atoms with Gasteiger partial charge in [0.25, 0.3) is 0 Å². The maximum atomic E-state index is 2.41. The van der Waals surface area contributed by atoms with E-state index in [4.69, 9.17) is 0 Å². The van der Waals surface area contributed by atoms with E-state index in [1.54, 1.807) is 0 Å². The van der Waals surface area contributed by atoms with E-state index >= 15 is 0 Å². The van der Waals surface area contributed by atoms with E-state index in [1.807, 2.05) is 0 Å². The van der Waals surface area contributed by atoms with Crippen LogP contribution in [0.25, 0.3) is 38.6 Å². The largest absolute Gasteiger partial charge is 0.311 e. The van der Waals surface area contributed by atoms with Gasteiger partial charge >= 0.3 is 0 Å². The van der Waals surface area contributed by atoms with Crippen molar-refractivity contribution in [1.82, 2.24) is 4.57 Å². The summed E-state index contributed by atoms with van der Waals surface area (Å²) < 4.78 is 2.41. The summed E-state index contributed by atoms with van der Waals surface area (Å²) in [6, 6.07) is 55.0. The standard InChI is InChI=1S/C42H38N2/c1-2-3-4-7-14-32-21-26-38(27-22-32)44-41-20-13-12-19-39(41)40-31-34(25-30-42(40)44)33-23-28-37(29-24-33)43(35-15-8-5-9-16-35)36-17-10-6-11-18-36/h5-6,8-13,15-31H,2-4,7,14H2,1H3. The molecule has 0 saturated carbocycles. The fraction of sp³-hybridized carbons (Fsp3) is 0.143. The van der Waals surface area contributed by atoms with Crippen LogP contribution in [-0.2, 0) is 6.42 Å². The molecule has 2 nitrogen and oxygen atoms in total. The van der Waals surface area contributed by atoms with Gasteiger partial charge in [-0.25, -0.2) is 0 Å². The third-order valence-electron chi connectivity index (χ3n) is 8.67. The third kappa shape index (κ3) is 5.52. The average molecular weight is 571 g/mol. The molecule has 2 heteroatoms.